The molecular formula is C21H31FN6. The molecule has 0 saturated carbocycles. The monoisotopic (exact) mass is 386 g/mol. The molecule has 1 aliphatic rings. The Bertz CT molecular complexity index is 790. The van der Waals surface area contributed by atoms with E-state index in [0.717, 1.165) is 56.6 Å². The van der Waals surface area contributed by atoms with Gasteiger partial charge in [-0.1, -0.05) is 6.92 Å². The van der Waals surface area contributed by atoms with Gasteiger partial charge in [0.05, 0.1) is 5.69 Å². The van der Waals surface area contributed by atoms with Crippen LogP contribution < -0.4 is 10.2 Å². The average Bonchev–Trinajstić information content (AvgIpc) is 3.00. The van der Waals surface area contributed by atoms with Crippen LogP contribution in [0.4, 0.5) is 10.1 Å². The second-order valence-corrected chi connectivity index (χ2v) is 7.59. The van der Waals surface area contributed by atoms with Gasteiger partial charge in [-0.3, -0.25) is 9.67 Å². The fourth-order valence-corrected chi connectivity index (χ4v) is 3.65. The summed E-state index contributed by atoms with van der Waals surface area (Å²) in [5, 5.41) is 8.06. The lowest BCUT2D eigenvalue weighted by atomic mass is 10.2. The first-order valence-corrected chi connectivity index (χ1v) is 9.93. The van der Waals surface area contributed by atoms with Crippen LogP contribution in [-0.4, -0.2) is 60.4 Å². The summed E-state index contributed by atoms with van der Waals surface area (Å²) in [6.45, 7) is 11.7. The van der Waals surface area contributed by atoms with Gasteiger partial charge in [0.15, 0.2) is 5.96 Å². The van der Waals surface area contributed by atoms with Crippen LogP contribution in [0.25, 0.3) is 0 Å². The van der Waals surface area contributed by atoms with E-state index in [2.05, 4.69) is 49.8 Å². The number of nitrogens with zero attached hydrogens (tertiary/aromatic N) is 5. The van der Waals surface area contributed by atoms with Crippen LogP contribution in [0.2, 0.25) is 0 Å². The van der Waals surface area contributed by atoms with E-state index in [1.807, 2.05) is 26.1 Å². The highest BCUT2D eigenvalue weighted by molar-refractivity contribution is 5.80. The summed E-state index contributed by atoms with van der Waals surface area (Å²) in [4.78, 5) is 9.04. The van der Waals surface area contributed by atoms with Gasteiger partial charge in [-0.25, -0.2) is 4.39 Å². The number of rotatable bonds is 5. The molecule has 28 heavy (non-hydrogen) atoms. The Morgan fingerprint density at radius 1 is 1.18 bits per heavy atom. The van der Waals surface area contributed by atoms with E-state index in [4.69, 9.17) is 0 Å². The maximum atomic E-state index is 13.1. The number of aromatic nitrogens is 2. The normalized spacial score (nSPS) is 16.4. The summed E-state index contributed by atoms with van der Waals surface area (Å²) in [6, 6.07) is 8.84. The Labute approximate surface area is 167 Å². The van der Waals surface area contributed by atoms with Crippen LogP contribution in [0.3, 0.4) is 0 Å². The molecule has 1 aromatic carbocycles. The Hall–Kier alpha value is -2.57. The van der Waals surface area contributed by atoms with Crippen molar-refractivity contribution in [3.05, 3.63) is 47.5 Å². The Morgan fingerprint density at radius 2 is 1.86 bits per heavy atom. The average molecular weight is 387 g/mol. The second-order valence-electron chi connectivity index (χ2n) is 7.59. The van der Waals surface area contributed by atoms with Crippen molar-refractivity contribution in [2.45, 2.75) is 27.3 Å². The third-order valence-corrected chi connectivity index (χ3v) is 5.18. The number of hydrogen-bond acceptors (Lipinski definition) is 3. The fraction of sp³-hybridized carbons (Fsp3) is 0.524. The van der Waals surface area contributed by atoms with E-state index >= 15 is 0 Å². The van der Waals surface area contributed by atoms with E-state index in [1.165, 1.54) is 17.8 Å². The van der Waals surface area contributed by atoms with Gasteiger partial charge in [-0.05, 0) is 50.1 Å². The third-order valence-electron chi connectivity index (χ3n) is 5.18. The molecule has 1 aliphatic heterocycles. The summed E-state index contributed by atoms with van der Waals surface area (Å²) < 4.78 is 15.2. The molecule has 1 saturated heterocycles. The van der Waals surface area contributed by atoms with Crippen molar-refractivity contribution in [3.8, 4) is 0 Å². The van der Waals surface area contributed by atoms with Gasteiger partial charge in [-0.2, -0.15) is 5.10 Å². The molecule has 152 valence electrons. The number of hydrogen-bond donors (Lipinski definition) is 1. The lowest BCUT2D eigenvalue weighted by Crippen LogP contribution is -2.53. The highest BCUT2D eigenvalue weighted by atomic mass is 19.1. The Kier molecular flexibility index (Phi) is 6.54. The first-order chi connectivity index (χ1) is 13.5. The van der Waals surface area contributed by atoms with Crippen molar-refractivity contribution < 1.29 is 4.39 Å². The molecule has 0 aliphatic carbocycles. The van der Waals surface area contributed by atoms with Crippen molar-refractivity contribution >= 4 is 11.6 Å². The van der Waals surface area contributed by atoms with E-state index in [0.29, 0.717) is 5.92 Å². The number of nitrogens with one attached hydrogen (secondary N) is 1. The van der Waals surface area contributed by atoms with Gasteiger partial charge in [0.2, 0.25) is 0 Å². The summed E-state index contributed by atoms with van der Waals surface area (Å²) in [5.41, 5.74) is 3.33. The van der Waals surface area contributed by atoms with Crippen LogP contribution in [0.1, 0.15) is 18.3 Å². The predicted molar refractivity (Wildman–Crippen MR) is 112 cm³/mol. The molecule has 0 radical (unpaired) electrons. The quantitative estimate of drug-likeness (QED) is 0.634. The highest BCUT2D eigenvalue weighted by Crippen LogP contribution is 2.17. The van der Waals surface area contributed by atoms with Gasteiger partial charge < -0.3 is 15.1 Å². The highest BCUT2D eigenvalue weighted by Gasteiger charge is 2.20. The molecule has 0 spiro atoms. The van der Waals surface area contributed by atoms with Gasteiger partial charge in [0.1, 0.15) is 5.82 Å². The minimum atomic E-state index is -0.193. The van der Waals surface area contributed by atoms with Gasteiger partial charge >= 0.3 is 0 Å². The summed E-state index contributed by atoms with van der Waals surface area (Å²) >= 11 is 0. The van der Waals surface area contributed by atoms with E-state index in [1.54, 1.807) is 0 Å². The molecule has 0 bridgehead atoms. The lowest BCUT2D eigenvalue weighted by Gasteiger charge is -2.38. The zero-order valence-corrected chi connectivity index (χ0v) is 17.3. The Balaban J connectivity index is 1.48. The smallest absolute Gasteiger partial charge is 0.193 e. The summed E-state index contributed by atoms with van der Waals surface area (Å²) in [7, 11) is 1.83. The minimum Gasteiger partial charge on any atom is -0.368 e. The van der Waals surface area contributed by atoms with Gasteiger partial charge in [0.25, 0.3) is 0 Å². The summed E-state index contributed by atoms with van der Waals surface area (Å²) in [5.74, 6) is 1.19. The van der Waals surface area contributed by atoms with E-state index in [-0.39, 0.29) is 5.82 Å². The molecule has 3 rings (SSSR count). The van der Waals surface area contributed by atoms with Crippen LogP contribution in [-0.2, 0) is 6.54 Å². The Morgan fingerprint density at radius 3 is 2.43 bits per heavy atom. The van der Waals surface area contributed by atoms with Gasteiger partial charge in [-0.15, -0.1) is 0 Å². The van der Waals surface area contributed by atoms with Gasteiger partial charge in [0, 0.05) is 57.7 Å². The molecule has 6 nitrogen and oxygen atoms in total. The van der Waals surface area contributed by atoms with Crippen LogP contribution in [0.5, 0.6) is 0 Å². The molecule has 0 amide bonds. The zero-order chi connectivity index (χ0) is 20.1. The minimum absolute atomic E-state index is 0.193. The summed E-state index contributed by atoms with van der Waals surface area (Å²) in [6.07, 6.45) is 0. The van der Waals surface area contributed by atoms with Crippen LogP contribution in [0, 0.1) is 25.6 Å². The SMILES string of the molecule is CN=C(NCC(C)Cn1nc(C)cc1C)N1CCN(c2ccc(F)cc2)CC1. The number of aryl methyl sites for hydroxylation is 2. The second kappa shape index (κ2) is 9.08. The molecule has 2 heterocycles. The lowest BCUT2D eigenvalue weighted by molar-refractivity contribution is 0.363. The molecule has 2 aromatic rings. The number of anilines is 1. The van der Waals surface area contributed by atoms with Crippen molar-refractivity contribution in [3.63, 3.8) is 0 Å². The van der Waals surface area contributed by atoms with Crippen molar-refractivity contribution in [2.75, 3.05) is 44.7 Å². The topological polar surface area (TPSA) is 48.7 Å². The number of piperazine rings is 1. The molecule has 1 aromatic heterocycles. The molecule has 7 heteroatoms. The third kappa shape index (κ3) is 5.03. The van der Waals surface area contributed by atoms with Crippen LogP contribution >= 0.6 is 0 Å². The van der Waals surface area contributed by atoms with Crippen molar-refractivity contribution in [2.24, 2.45) is 10.9 Å². The fourth-order valence-electron chi connectivity index (χ4n) is 3.65. The molecule has 1 atom stereocenters. The molecule has 1 N–H and O–H groups in total. The first kappa shape index (κ1) is 20.2. The van der Waals surface area contributed by atoms with Crippen molar-refractivity contribution in [1.29, 1.82) is 0 Å². The number of benzene rings is 1. The number of guanidine groups is 1. The molecular weight excluding hydrogens is 355 g/mol. The molecule has 1 fully saturated rings. The maximum Gasteiger partial charge on any atom is 0.193 e. The largest absolute Gasteiger partial charge is 0.368 e. The predicted octanol–water partition coefficient (Wildman–Crippen LogP) is 2.67. The first-order valence-electron chi connectivity index (χ1n) is 9.93. The van der Waals surface area contributed by atoms with E-state index < -0.39 is 0 Å². The standard InChI is InChI=1S/C21H31FN6/c1-16(15-28-18(3)13-17(2)25-28)14-24-21(23-4)27-11-9-26(10-12-27)20-7-5-19(22)6-8-20/h5-8,13,16H,9-12,14-15H2,1-4H3,(H,23,24). The maximum absolute atomic E-state index is 13.1. The number of aliphatic imine (C=N–C) groups is 1. The number of halogens is 1. The zero-order valence-electron chi connectivity index (χ0n) is 17.3. The van der Waals surface area contributed by atoms with E-state index in [9.17, 15) is 4.39 Å². The van der Waals surface area contributed by atoms with Crippen LogP contribution in [0.15, 0.2) is 35.3 Å². The molecule has 1 unspecified atom stereocenters. The van der Waals surface area contributed by atoms with Crippen molar-refractivity contribution in [1.82, 2.24) is 20.0 Å².